The van der Waals surface area contributed by atoms with Gasteiger partial charge in [-0.15, -0.1) is 0 Å². The van der Waals surface area contributed by atoms with E-state index in [-0.39, 0.29) is 22.8 Å². The molecule has 0 N–H and O–H groups in total. The highest BCUT2D eigenvalue weighted by molar-refractivity contribution is 8.15. The normalized spacial score (nSPS) is 22.8. The molecule has 0 spiro atoms. The molecule has 148 valence electrons. The van der Waals surface area contributed by atoms with Crippen molar-refractivity contribution in [1.82, 2.24) is 0 Å². The number of aliphatic imine (C=N–C) groups is 1. The van der Waals surface area contributed by atoms with E-state index in [0.717, 1.165) is 17.4 Å². The summed E-state index contributed by atoms with van der Waals surface area (Å²) < 4.78 is 23.9. The summed E-state index contributed by atoms with van der Waals surface area (Å²) in [5, 5.41) is 0.989. The molecule has 0 aromatic heterocycles. The van der Waals surface area contributed by atoms with E-state index in [1.54, 1.807) is 11.8 Å². The quantitative estimate of drug-likeness (QED) is 0.755. The topological polar surface area (TPSA) is 49.7 Å². The zero-order valence-corrected chi connectivity index (χ0v) is 18.4. The van der Waals surface area contributed by atoms with Crippen LogP contribution in [-0.4, -0.2) is 36.4 Å². The second-order valence-corrected chi connectivity index (χ2v) is 11.4. The molecule has 4 nitrogen and oxygen atoms in total. The van der Waals surface area contributed by atoms with Crippen LogP contribution in [0.2, 0.25) is 0 Å². The standard InChI is InChI=1S/C22H26N2O2S2/c1-14-5-6-17(4)18(8-14)11-24(19-9-15(2)7-16(3)10-19)22-23-20-12-28(25,26)13-21(20)27-22/h5-10,20-21H,11-13H2,1-4H3. The van der Waals surface area contributed by atoms with Crippen LogP contribution >= 0.6 is 11.8 Å². The number of hydrogen-bond donors (Lipinski definition) is 0. The van der Waals surface area contributed by atoms with Gasteiger partial charge in [-0.2, -0.15) is 0 Å². The Balaban J connectivity index is 1.73. The molecule has 4 rings (SSSR count). The first kappa shape index (κ1) is 19.5. The first-order valence-electron chi connectivity index (χ1n) is 9.57. The summed E-state index contributed by atoms with van der Waals surface area (Å²) in [5.74, 6) is 0.415. The maximum absolute atomic E-state index is 12.0. The molecule has 0 saturated carbocycles. The molecule has 2 aromatic carbocycles. The van der Waals surface area contributed by atoms with Crippen LogP contribution in [0.4, 0.5) is 5.69 Å². The molecule has 2 atom stereocenters. The van der Waals surface area contributed by atoms with Gasteiger partial charge in [-0.3, -0.25) is 4.99 Å². The molecule has 28 heavy (non-hydrogen) atoms. The molecule has 6 heteroatoms. The van der Waals surface area contributed by atoms with Crippen LogP contribution in [0.15, 0.2) is 41.4 Å². The number of aryl methyl sites for hydroxylation is 4. The first-order chi connectivity index (χ1) is 13.2. The number of anilines is 1. The molecule has 2 unspecified atom stereocenters. The molecule has 2 aliphatic heterocycles. The summed E-state index contributed by atoms with van der Waals surface area (Å²) in [5.41, 5.74) is 7.32. The summed E-state index contributed by atoms with van der Waals surface area (Å²) >= 11 is 1.62. The van der Waals surface area contributed by atoms with E-state index >= 15 is 0 Å². The number of benzene rings is 2. The van der Waals surface area contributed by atoms with Crippen LogP contribution in [0.1, 0.15) is 27.8 Å². The Morgan fingerprint density at radius 3 is 2.39 bits per heavy atom. The second-order valence-electron chi connectivity index (χ2n) is 8.07. The highest BCUT2D eigenvalue weighted by Gasteiger charge is 2.44. The minimum absolute atomic E-state index is 0.0482. The lowest BCUT2D eigenvalue weighted by Crippen LogP contribution is -2.28. The molecule has 0 bridgehead atoms. The van der Waals surface area contributed by atoms with Crippen LogP contribution < -0.4 is 4.90 Å². The van der Waals surface area contributed by atoms with Crippen molar-refractivity contribution in [3.8, 4) is 0 Å². The van der Waals surface area contributed by atoms with E-state index in [4.69, 9.17) is 4.99 Å². The van der Waals surface area contributed by atoms with Gasteiger partial charge in [0.05, 0.1) is 24.1 Å². The van der Waals surface area contributed by atoms with Crippen LogP contribution in [0.5, 0.6) is 0 Å². The Bertz CT molecular complexity index is 1040. The smallest absolute Gasteiger partial charge is 0.164 e. The number of amidine groups is 1. The molecule has 1 saturated heterocycles. The van der Waals surface area contributed by atoms with Crippen LogP contribution in [0, 0.1) is 27.7 Å². The maximum Gasteiger partial charge on any atom is 0.164 e. The van der Waals surface area contributed by atoms with Gasteiger partial charge < -0.3 is 4.90 Å². The van der Waals surface area contributed by atoms with Crippen molar-refractivity contribution >= 4 is 32.5 Å². The van der Waals surface area contributed by atoms with Crippen molar-refractivity contribution in [2.75, 3.05) is 16.4 Å². The largest absolute Gasteiger partial charge is 0.317 e. The Hall–Kier alpha value is -1.79. The van der Waals surface area contributed by atoms with Crippen molar-refractivity contribution in [3.63, 3.8) is 0 Å². The van der Waals surface area contributed by atoms with Gasteiger partial charge >= 0.3 is 0 Å². The zero-order chi connectivity index (χ0) is 20.1. The van der Waals surface area contributed by atoms with E-state index in [0.29, 0.717) is 0 Å². The molecular weight excluding hydrogens is 388 g/mol. The fraction of sp³-hybridized carbons (Fsp3) is 0.409. The van der Waals surface area contributed by atoms with E-state index in [1.165, 1.54) is 27.8 Å². The van der Waals surface area contributed by atoms with Crippen molar-refractivity contribution < 1.29 is 8.42 Å². The number of sulfone groups is 1. The summed E-state index contributed by atoms with van der Waals surface area (Å²) in [7, 11) is -2.95. The predicted molar refractivity (Wildman–Crippen MR) is 119 cm³/mol. The summed E-state index contributed by atoms with van der Waals surface area (Å²) in [4.78, 5) is 7.12. The van der Waals surface area contributed by atoms with Crippen LogP contribution in [0.25, 0.3) is 0 Å². The Morgan fingerprint density at radius 1 is 1.00 bits per heavy atom. The molecule has 0 amide bonds. The molecule has 2 aromatic rings. The Morgan fingerprint density at radius 2 is 1.71 bits per heavy atom. The SMILES string of the molecule is Cc1cc(C)cc(N(Cc2cc(C)ccc2C)C2=NC3CS(=O)(=O)CC3S2)c1. The summed E-state index contributed by atoms with van der Waals surface area (Å²) in [6.07, 6.45) is 0. The highest BCUT2D eigenvalue weighted by atomic mass is 32.2. The van der Waals surface area contributed by atoms with Crippen LogP contribution in [0.3, 0.4) is 0 Å². The number of fused-ring (bicyclic) bond motifs is 1. The van der Waals surface area contributed by atoms with Gasteiger partial charge in [0, 0.05) is 10.9 Å². The van der Waals surface area contributed by atoms with Gasteiger partial charge in [-0.05, 0) is 62.1 Å². The van der Waals surface area contributed by atoms with E-state index < -0.39 is 9.84 Å². The third-order valence-electron chi connectivity index (χ3n) is 5.39. The third kappa shape index (κ3) is 3.98. The number of hydrogen-bond acceptors (Lipinski definition) is 5. The first-order valence-corrected chi connectivity index (χ1v) is 12.3. The van der Waals surface area contributed by atoms with E-state index in [2.05, 4.69) is 69.0 Å². The molecular formula is C22H26N2O2S2. The number of thioether (sulfide) groups is 1. The third-order valence-corrected chi connectivity index (χ3v) is 8.63. The lowest BCUT2D eigenvalue weighted by Gasteiger charge is -2.26. The van der Waals surface area contributed by atoms with Gasteiger partial charge in [0.1, 0.15) is 0 Å². The minimum atomic E-state index is -2.95. The van der Waals surface area contributed by atoms with Gasteiger partial charge in [0.15, 0.2) is 15.0 Å². The molecule has 0 aliphatic carbocycles. The maximum atomic E-state index is 12.0. The van der Waals surface area contributed by atoms with Gasteiger partial charge in [-0.1, -0.05) is 41.6 Å². The summed E-state index contributed by atoms with van der Waals surface area (Å²) in [6.45, 7) is 9.20. The predicted octanol–water partition coefficient (Wildman–Crippen LogP) is 4.20. The van der Waals surface area contributed by atoms with E-state index in [1.807, 2.05) is 0 Å². The summed E-state index contributed by atoms with van der Waals surface area (Å²) in [6, 6.07) is 13.0. The molecule has 0 radical (unpaired) electrons. The van der Waals surface area contributed by atoms with Crippen LogP contribution in [-0.2, 0) is 16.4 Å². The molecule has 1 fully saturated rings. The average molecular weight is 415 g/mol. The van der Waals surface area contributed by atoms with Crippen molar-refractivity contribution in [2.24, 2.45) is 4.99 Å². The Labute approximate surface area is 172 Å². The van der Waals surface area contributed by atoms with Crippen molar-refractivity contribution in [1.29, 1.82) is 0 Å². The number of rotatable bonds is 3. The molecule has 2 heterocycles. The van der Waals surface area contributed by atoms with E-state index in [9.17, 15) is 8.42 Å². The average Bonchev–Trinajstić information content (AvgIpc) is 3.08. The fourth-order valence-electron chi connectivity index (χ4n) is 3.99. The van der Waals surface area contributed by atoms with Crippen molar-refractivity contribution in [2.45, 2.75) is 45.5 Å². The Kier molecular flexibility index (Phi) is 5.04. The fourth-order valence-corrected chi connectivity index (χ4v) is 7.77. The monoisotopic (exact) mass is 414 g/mol. The minimum Gasteiger partial charge on any atom is -0.317 e. The van der Waals surface area contributed by atoms with Gasteiger partial charge in [0.25, 0.3) is 0 Å². The van der Waals surface area contributed by atoms with Gasteiger partial charge in [0.2, 0.25) is 0 Å². The second kappa shape index (κ2) is 7.23. The highest BCUT2D eigenvalue weighted by Crippen LogP contribution is 2.38. The lowest BCUT2D eigenvalue weighted by atomic mass is 10.0. The zero-order valence-electron chi connectivity index (χ0n) is 16.8. The lowest BCUT2D eigenvalue weighted by molar-refractivity contribution is 0.601. The van der Waals surface area contributed by atoms with Crippen molar-refractivity contribution in [3.05, 3.63) is 64.2 Å². The van der Waals surface area contributed by atoms with Gasteiger partial charge in [-0.25, -0.2) is 8.42 Å². The number of nitrogens with zero attached hydrogens (tertiary/aromatic N) is 2. The molecule has 2 aliphatic rings.